The van der Waals surface area contributed by atoms with Crippen LogP contribution in [-0.4, -0.2) is 22.5 Å². The molecule has 1 aromatic heterocycles. The topological polar surface area (TPSA) is 91.6 Å². The average molecular weight is 455 g/mol. The number of carbonyl (C=O) groups excluding carboxylic acids is 1. The van der Waals surface area contributed by atoms with Crippen LogP contribution >= 0.6 is 23.4 Å². The maximum absolute atomic E-state index is 12.4. The van der Waals surface area contributed by atoms with E-state index in [0.29, 0.717) is 22.0 Å². The predicted octanol–water partition coefficient (Wildman–Crippen LogP) is 5.46. The lowest BCUT2D eigenvalue weighted by Crippen LogP contribution is -2.30. The van der Waals surface area contributed by atoms with Crippen LogP contribution in [0.4, 0.5) is 5.69 Å². The van der Waals surface area contributed by atoms with Crippen molar-refractivity contribution in [2.45, 2.75) is 18.8 Å². The fraction of sp³-hybridized carbons (Fsp3) is 0.130. The van der Waals surface area contributed by atoms with E-state index in [1.54, 1.807) is 24.3 Å². The number of thioether (sulfide) groups is 1. The molecule has 4 rings (SSSR count). The van der Waals surface area contributed by atoms with Crippen LogP contribution in [0, 0.1) is 0 Å². The second-order valence-corrected chi connectivity index (χ2v) is 8.43. The lowest BCUT2D eigenvalue weighted by Gasteiger charge is -2.12. The maximum Gasteiger partial charge on any atom is 0.337 e. The first-order valence-electron chi connectivity index (χ1n) is 9.60. The molecule has 0 bridgehead atoms. The molecular formula is C23H19ClN2O4S. The monoisotopic (exact) mass is 454 g/mol. The molecule has 8 heteroatoms. The van der Waals surface area contributed by atoms with Crippen molar-refractivity contribution >= 4 is 47.0 Å². The highest BCUT2D eigenvalue weighted by molar-refractivity contribution is 8.05. The minimum absolute atomic E-state index is 0.00193. The highest BCUT2D eigenvalue weighted by atomic mass is 35.5. The second kappa shape index (κ2) is 8.91. The second-order valence-electron chi connectivity index (χ2n) is 6.88. The summed E-state index contributed by atoms with van der Waals surface area (Å²) in [6.45, 7) is 2.10. The van der Waals surface area contributed by atoms with Crippen molar-refractivity contribution in [2.75, 3.05) is 5.32 Å². The molecule has 3 aromatic rings. The summed E-state index contributed by atoms with van der Waals surface area (Å²) in [5, 5.41) is 15.6. The van der Waals surface area contributed by atoms with Gasteiger partial charge in [0.2, 0.25) is 0 Å². The minimum atomic E-state index is -1.11. The maximum atomic E-state index is 12.4. The van der Waals surface area contributed by atoms with E-state index < -0.39 is 5.97 Å². The fourth-order valence-electron chi connectivity index (χ4n) is 3.11. The number of carbonyl (C=O) groups is 2. The van der Waals surface area contributed by atoms with E-state index >= 15 is 0 Å². The Morgan fingerprint density at radius 1 is 1.23 bits per heavy atom. The molecule has 0 spiro atoms. The number of hydrogen-bond acceptors (Lipinski definition) is 5. The van der Waals surface area contributed by atoms with Gasteiger partial charge in [0.1, 0.15) is 11.5 Å². The SMILES string of the molecule is CCc1ccc(N[C@@H]2NC(=O)/C(=C\c3ccc(-c4ccc(Cl)c(C(=O)O)c4)o3)S2)cc1. The number of halogens is 1. The van der Waals surface area contributed by atoms with Crippen LogP contribution in [0.5, 0.6) is 0 Å². The Morgan fingerprint density at radius 2 is 2.00 bits per heavy atom. The fourth-order valence-corrected chi connectivity index (χ4v) is 4.27. The van der Waals surface area contributed by atoms with Crippen LogP contribution in [-0.2, 0) is 11.2 Å². The largest absolute Gasteiger partial charge is 0.478 e. The molecule has 1 aliphatic heterocycles. The van der Waals surface area contributed by atoms with Gasteiger partial charge in [0.05, 0.1) is 15.5 Å². The Morgan fingerprint density at radius 3 is 2.71 bits per heavy atom. The number of carboxylic acid groups (broad SMARTS) is 1. The summed E-state index contributed by atoms with van der Waals surface area (Å²) in [7, 11) is 0. The summed E-state index contributed by atoms with van der Waals surface area (Å²) in [5.74, 6) is -0.319. The molecule has 0 aliphatic carbocycles. The molecule has 1 saturated heterocycles. The number of benzene rings is 2. The van der Waals surface area contributed by atoms with Crippen LogP contribution in [0.3, 0.4) is 0 Å². The summed E-state index contributed by atoms with van der Waals surface area (Å²) in [6.07, 6.45) is 2.64. The first kappa shape index (κ1) is 21.1. The van der Waals surface area contributed by atoms with Crippen molar-refractivity contribution in [1.29, 1.82) is 0 Å². The number of anilines is 1. The molecular weight excluding hydrogens is 436 g/mol. The molecule has 1 fully saturated rings. The number of aryl methyl sites for hydroxylation is 1. The smallest absolute Gasteiger partial charge is 0.337 e. The lowest BCUT2D eigenvalue weighted by molar-refractivity contribution is -0.116. The molecule has 2 aromatic carbocycles. The van der Waals surface area contributed by atoms with Gasteiger partial charge in [0, 0.05) is 17.3 Å². The van der Waals surface area contributed by atoms with Gasteiger partial charge in [-0.15, -0.1) is 0 Å². The molecule has 1 aliphatic rings. The summed E-state index contributed by atoms with van der Waals surface area (Å²) >= 11 is 7.29. The summed E-state index contributed by atoms with van der Waals surface area (Å²) < 4.78 is 5.81. The third-order valence-electron chi connectivity index (χ3n) is 4.77. The van der Waals surface area contributed by atoms with E-state index in [0.717, 1.165) is 12.1 Å². The van der Waals surface area contributed by atoms with E-state index in [2.05, 4.69) is 29.7 Å². The number of rotatable bonds is 6. The molecule has 1 atom stereocenters. The zero-order chi connectivity index (χ0) is 22.0. The van der Waals surface area contributed by atoms with Gasteiger partial charge in [0.25, 0.3) is 5.91 Å². The summed E-state index contributed by atoms with van der Waals surface area (Å²) in [4.78, 5) is 24.2. The quantitative estimate of drug-likeness (QED) is 0.428. The predicted molar refractivity (Wildman–Crippen MR) is 123 cm³/mol. The molecule has 2 heterocycles. The zero-order valence-electron chi connectivity index (χ0n) is 16.5. The van der Waals surface area contributed by atoms with Gasteiger partial charge in [-0.05, 0) is 54.4 Å². The van der Waals surface area contributed by atoms with Gasteiger partial charge < -0.3 is 20.2 Å². The number of carboxylic acids is 1. The minimum Gasteiger partial charge on any atom is -0.478 e. The van der Waals surface area contributed by atoms with Gasteiger partial charge in [-0.1, -0.05) is 42.4 Å². The molecule has 3 N–H and O–H groups in total. The molecule has 31 heavy (non-hydrogen) atoms. The number of furan rings is 1. The van der Waals surface area contributed by atoms with Crippen LogP contribution in [0.2, 0.25) is 5.02 Å². The number of amides is 1. The van der Waals surface area contributed by atoms with E-state index in [4.69, 9.17) is 16.0 Å². The first-order chi connectivity index (χ1) is 14.9. The number of hydrogen-bond donors (Lipinski definition) is 3. The Bertz CT molecular complexity index is 1170. The summed E-state index contributed by atoms with van der Waals surface area (Å²) in [5.41, 5.74) is 2.48. The van der Waals surface area contributed by atoms with Crippen LogP contribution in [0.15, 0.2) is 63.9 Å². The standard InChI is InChI=1S/C23H19ClN2O4S/c1-2-13-3-6-15(7-4-13)25-23-26-21(27)20(31-23)12-16-8-10-19(30-16)14-5-9-18(24)17(11-14)22(28)29/h3-12,23,25H,2H2,1H3,(H,26,27)(H,28,29)/b20-12+/t23-/m1/s1. The third-order valence-corrected chi connectivity index (χ3v) is 6.13. The molecule has 6 nitrogen and oxygen atoms in total. The van der Waals surface area contributed by atoms with Crippen molar-refractivity contribution in [3.8, 4) is 11.3 Å². The van der Waals surface area contributed by atoms with Crippen LogP contribution < -0.4 is 10.6 Å². The number of nitrogens with one attached hydrogen (secondary N) is 2. The molecule has 0 unspecified atom stereocenters. The van der Waals surface area contributed by atoms with E-state index in [1.165, 1.54) is 29.5 Å². The zero-order valence-corrected chi connectivity index (χ0v) is 18.1. The molecule has 158 valence electrons. The Labute approximate surface area is 188 Å². The van der Waals surface area contributed by atoms with Gasteiger partial charge in [-0.2, -0.15) is 0 Å². The van der Waals surface area contributed by atoms with E-state index in [-0.39, 0.29) is 22.0 Å². The Kier molecular flexibility index (Phi) is 6.06. The van der Waals surface area contributed by atoms with Gasteiger partial charge in [-0.3, -0.25) is 4.79 Å². The van der Waals surface area contributed by atoms with Gasteiger partial charge in [-0.25, -0.2) is 4.79 Å². The lowest BCUT2D eigenvalue weighted by atomic mass is 10.1. The van der Waals surface area contributed by atoms with Crippen molar-refractivity contribution in [1.82, 2.24) is 5.32 Å². The first-order valence-corrected chi connectivity index (χ1v) is 10.9. The van der Waals surface area contributed by atoms with Gasteiger partial charge in [0.15, 0.2) is 5.50 Å². The van der Waals surface area contributed by atoms with Crippen molar-refractivity contribution in [2.24, 2.45) is 0 Å². The van der Waals surface area contributed by atoms with Crippen molar-refractivity contribution in [3.63, 3.8) is 0 Å². The molecule has 0 radical (unpaired) electrons. The van der Waals surface area contributed by atoms with Crippen molar-refractivity contribution < 1.29 is 19.1 Å². The average Bonchev–Trinajstić information content (AvgIpc) is 3.35. The summed E-state index contributed by atoms with van der Waals surface area (Å²) in [6, 6.07) is 16.2. The highest BCUT2D eigenvalue weighted by Gasteiger charge is 2.27. The van der Waals surface area contributed by atoms with Crippen molar-refractivity contribution in [3.05, 3.63) is 81.4 Å². The molecule has 1 amide bonds. The van der Waals surface area contributed by atoms with E-state index in [9.17, 15) is 14.7 Å². The normalized spacial score (nSPS) is 17.0. The number of aromatic carboxylic acids is 1. The Balaban J connectivity index is 1.48. The van der Waals surface area contributed by atoms with Gasteiger partial charge >= 0.3 is 5.97 Å². The van der Waals surface area contributed by atoms with Crippen LogP contribution in [0.25, 0.3) is 17.4 Å². The third kappa shape index (κ3) is 4.78. The molecule has 0 saturated carbocycles. The van der Waals surface area contributed by atoms with Crippen LogP contribution in [0.1, 0.15) is 28.6 Å². The highest BCUT2D eigenvalue weighted by Crippen LogP contribution is 2.32. The Hall–Kier alpha value is -3.16. The van der Waals surface area contributed by atoms with E-state index in [1.807, 2.05) is 12.1 Å².